The summed E-state index contributed by atoms with van der Waals surface area (Å²) in [4.78, 5) is 15.3. The van der Waals surface area contributed by atoms with E-state index in [0.29, 0.717) is 29.0 Å². The van der Waals surface area contributed by atoms with Crippen molar-refractivity contribution in [3.8, 4) is 102 Å². The molecule has 1 aliphatic carbocycles. The van der Waals surface area contributed by atoms with E-state index in [-0.39, 0.29) is 5.41 Å². The van der Waals surface area contributed by atoms with Gasteiger partial charge in [-0.05, 0) is 80.4 Å². The fraction of sp³-hybridized carbons (Fsp3) is 0.0556. The molecule has 0 fully saturated rings. The first-order chi connectivity index (χ1) is 29.0. The molecule has 2 aliphatic rings. The lowest BCUT2D eigenvalue weighted by Crippen LogP contribution is -2.15. The van der Waals surface area contributed by atoms with Gasteiger partial charge in [-0.25, -0.2) is 15.0 Å². The average Bonchev–Trinajstić information content (AvgIpc) is 3.52. The topological polar surface area (TPSA) is 57.1 Å². The lowest BCUT2D eigenvalue weighted by Gasteiger charge is -2.26. The Balaban J connectivity index is 0.967. The molecule has 59 heavy (non-hydrogen) atoms. The van der Waals surface area contributed by atoms with Gasteiger partial charge in [0.15, 0.2) is 40.5 Å². The van der Waals surface area contributed by atoms with Gasteiger partial charge in [-0.15, -0.1) is 0 Å². The Kier molecular flexibility index (Phi) is 8.09. The van der Waals surface area contributed by atoms with E-state index >= 15 is 0 Å². The molecule has 0 unspecified atom stereocenters. The van der Waals surface area contributed by atoms with Gasteiger partial charge in [-0.3, -0.25) is 0 Å². The maximum atomic E-state index is 6.75. The van der Waals surface area contributed by atoms with Crippen LogP contribution in [-0.4, -0.2) is 15.0 Å². The van der Waals surface area contributed by atoms with Crippen LogP contribution in [0.15, 0.2) is 188 Å². The van der Waals surface area contributed by atoms with Gasteiger partial charge in [-0.1, -0.05) is 172 Å². The number of benzene rings is 8. The van der Waals surface area contributed by atoms with Crippen LogP contribution in [0.1, 0.15) is 25.0 Å². The van der Waals surface area contributed by atoms with Crippen molar-refractivity contribution < 1.29 is 9.47 Å². The van der Waals surface area contributed by atoms with E-state index in [4.69, 9.17) is 24.4 Å². The lowest BCUT2D eigenvalue weighted by molar-refractivity contribution is 0.360. The zero-order chi connectivity index (χ0) is 39.5. The van der Waals surface area contributed by atoms with Gasteiger partial charge in [0, 0.05) is 27.7 Å². The first kappa shape index (κ1) is 34.6. The molecule has 1 aliphatic heterocycles. The minimum absolute atomic E-state index is 0.149. The molecule has 5 heteroatoms. The number of nitrogens with zero attached hydrogens (tertiary/aromatic N) is 3. The van der Waals surface area contributed by atoms with Crippen LogP contribution in [0, 0.1) is 0 Å². The van der Waals surface area contributed by atoms with Crippen molar-refractivity contribution in [1.82, 2.24) is 15.0 Å². The van der Waals surface area contributed by atoms with E-state index in [9.17, 15) is 0 Å². The van der Waals surface area contributed by atoms with E-state index in [1.54, 1.807) is 0 Å². The van der Waals surface area contributed by atoms with Gasteiger partial charge in [-0.2, -0.15) is 0 Å². The zero-order valence-corrected chi connectivity index (χ0v) is 32.6. The third-order valence-corrected chi connectivity index (χ3v) is 11.6. The van der Waals surface area contributed by atoms with Crippen LogP contribution in [0.25, 0.3) is 78.7 Å². The molecule has 11 rings (SSSR count). The van der Waals surface area contributed by atoms with E-state index < -0.39 is 0 Å². The summed E-state index contributed by atoms with van der Waals surface area (Å²) < 4.78 is 13.3. The summed E-state index contributed by atoms with van der Waals surface area (Å²) in [5, 5.41) is 0. The quantitative estimate of drug-likeness (QED) is 0.169. The number of ether oxygens (including phenoxy) is 2. The van der Waals surface area contributed by atoms with Gasteiger partial charge in [0.2, 0.25) is 0 Å². The molecule has 0 radical (unpaired) electrons. The molecule has 0 amide bonds. The van der Waals surface area contributed by atoms with Crippen molar-refractivity contribution in [1.29, 1.82) is 0 Å². The number of fused-ring (bicyclic) bond motifs is 5. The molecule has 0 spiro atoms. The molecular weight excluding hydrogens is 723 g/mol. The fourth-order valence-electron chi connectivity index (χ4n) is 8.52. The van der Waals surface area contributed by atoms with Crippen LogP contribution in [0.5, 0.6) is 23.0 Å². The molecule has 8 aromatic carbocycles. The second-order valence-electron chi connectivity index (χ2n) is 15.6. The van der Waals surface area contributed by atoms with Crippen molar-refractivity contribution in [2.24, 2.45) is 0 Å². The second kappa shape index (κ2) is 13.8. The smallest absolute Gasteiger partial charge is 0.177 e. The van der Waals surface area contributed by atoms with Gasteiger partial charge in [0.1, 0.15) is 0 Å². The van der Waals surface area contributed by atoms with Crippen LogP contribution < -0.4 is 9.47 Å². The first-order valence-electron chi connectivity index (χ1n) is 19.9. The number of hydrogen-bond acceptors (Lipinski definition) is 5. The van der Waals surface area contributed by atoms with E-state index in [2.05, 4.69) is 178 Å². The van der Waals surface area contributed by atoms with Gasteiger partial charge >= 0.3 is 0 Å². The Morgan fingerprint density at radius 1 is 0.322 bits per heavy atom. The van der Waals surface area contributed by atoms with Crippen LogP contribution in [0.3, 0.4) is 0 Å². The van der Waals surface area contributed by atoms with E-state index in [0.717, 1.165) is 61.6 Å². The molecule has 2 heterocycles. The summed E-state index contributed by atoms with van der Waals surface area (Å²) in [5.41, 5.74) is 13.9. The Hall–Kier alpha value is -7.63. The Morgan fingerprint density at radius 2 is 0.814 bits per heavy atom. The summed E-state index contributed by atoms with van der Waals surface area (Å²) >= 11 is 0. The maximum absolute atomic E-state index is 6.75. The molecule has 5 nitrogen and oxygen atoms in total. The van der Waals surface area contributed by atoms with E-state index in [1.165, 1.54) is 22.3 Å². The molecule has 0 bridgehead atoms. The minimum atomic E-state index is -0.149. The SMILES string of the molecule is CC1(C)c2ccccc2-c2cc3c(cc21)Oc1c(cccc1-c1ccc(-c2nc(-c4cccc(-c5ccccc5)c4)nc(-c4cccc(-c5ccccc5)c4)n2)cc1)O3. The van der Waals surface area contributed by atoms with Crippen molar-refractivity contribution in [2.75, 3.05) is 0 Å². The molecule has 0 atom stereocenters. The number of para-hydroxylation sites is 1. The van der Waals surface area contributed by atoms with Crippen molar-refractivity contribution in [3.63, 3.8) is 0 Å². The normalized spacial score (nSPS) is 13.0. The highest BCUT2D eigenvalue weighted by molar-refractivity contribution is 5.85. The third-order valence-electron chi connectivity index (χ3n) is 11.6. The van der Waals surface area contributed by atoms with Crippen LogP contribution in [0.4, 0.5) is 0 Å². The molecule has 9 aromatic rings. The first-order valence-corrected chi connectivity index (χ1v) is 19.9. The highest BCUT2D eigenvalue weighted by Gasteiger charge is 2.37. The fourth-order valence-corrected chi connectivity index (χ4v) is 8.52. The summed E-state index contributed by atoms with van der Waals surface area (Å²) in [5.74, 6) is 4.63. The van der Waals surface area contributed by atoms with Crippen molar-refractivity contribution >= 4 is 0 Å². The molecule has 0 saturated heterocycles. The Labute approximate surface area is 343 Å². The molecule has 1 aromatic heterocycles. The van der Waals surface area contributed by atoms with Crippen LogP contribution >= 0.6 is 0 Å². The van der Waals surface area contributed by atoms with Crippen LogP contribution in [0.2, 0.25) is 0 Å². The van der Waals surface area contributed by atoms with Crippen molar-refractivity contribution in [2.45, 2.75) is 19.3 Å². The summed E-state index contributed by atoms with van der Waals surface area (Å²) in [6, 6.07) is 64.8. The summed E-state index contributed by atoms with van der Waals surface area (Å²) in [6.07, 6.45) is 0. The Bertz CT molecular complexity index is 2970. The molecule has 0 N–H and O–H groups in total. The lowest BCUT2D eigenvalue weighted by atomic mass is 9.82. The number of hydrogen-bond donors (Lipinski definition) is 0. The van der Waals surface area contributed by atoms with Crippen LogP contribution in [-0.2, 0) is 5.41 Å². The third kappa shape index (κ3) is 6.07. The largest absolute Gasteiger partial charge is 0.449 e. The molecular formula is C54H37N3O2. The second-order valence-corrected chi connectivity index (χ2v) is 15.6. The maximum Gasteiger partial charge on any atom is 0.177 e. The van der Waals surface area contributed by atoms with Gasteiger partial charge in [0.05, 0.1) is 0 Å². The highest BCUT2D eigenvalue weighted by atomic mass is 16.6. The zero-order valence-electron chi connectivity index (χ0n) is 32.6. The predicted molar refractivity (Wildman–Crippen MR) is 237 cm³/mol. The monoisotopic (exact) mass is 759 g/mol. The minimum Gasteiger partial charge on any atom is -0.449 e. The average molecular weight is 760 g/mol. The molecule has 0 saturated carbocycles. The highest BCUT2D eigenvalue weighted by Crippen LogP contribution is 2.56. The summed E-state index contributed by atoms with van der Waals surface area (Å²) in [7, 11) is 0. The van der Waals surface area contributed by atoms with Gasteiger partial charge in [0.25, 0.3) is 0 Å². The standard InChI is InChI=1S/C54H37N3O2/c1-54(2)45-24-10-9-22-43(45)44-32-48-49(33-46(44)54)59-50-42(23-13-25-47(50)58-48)36-26-28-37(29-27-36)51-55-52(40-20-11-18-38(30-40)34-14-5-3-6-15-34)57-53(56-51)41-21-12-19-39(31-41)35-16-7-4-8-17-35/h3-33H,1-2H3. The molecule has 280 valence electrons. The number of rotatable bonds is 6. The number of aromatic nitrogens is 3. The van der Waals surface area contributed by atoms with Crippen molar-refractivity contribution in [3.05, 3.63) is 199 Å². The van der Waals surface area contributed by atoms with Gasteiger partial charge < -0.3 is 9.47 Å². The van der Waals surface area contributed by atoms with E-state index in [1.807, 2.05) is 24.3 Å². The Morgan fingerprint density at radius 3 is 1.46 bits per heavy atom. The predicted octanol–water partition coefficient (Wildman–Crippen LogP) is 14.1. The summed E-state index contributed by atoms with van der Waals surface area (Å²) in [6.45, 7) is 4.55.